The number of aryl methyl sites for hydroxylation is 2. The summed E-state index contributed by atoms with van der Waals surface area (Å²) in [5.41, 5.74) is 4.62. The fraction of sp³-hybridized carbons (Fsp3) is 0.414. The first-order chi connectivity index (χ1) is 17.5. The third kappa shape index (κ3) is 5.96. The summed E-state index contributed by atoms with van der Waals surface area (Å²) in [6.45, 7) is 6.50. The molecule has 1 saturated carbocycles. The zero-order valence-corrected chi connectivity index (χ0v) is 21.6. The van der Waals surface area contributed by atoms with Gasteiger partial charge in [-0.25, -0.2) is 9.48 Å². The van der Waals surface area contributed by atoms with Gasteiger partial charge in [0, 0.05) is 18.2 Å². The van der Waals surface area contributed by atoms with Gasteiger partial charge in [-0.15, -0.1) is 0 Å². The Bertz CT molecular complexity index is 1180. The van der Waals surface area contributed by atoms with Crippen LogP contribution in [0.2, 0.25) is 0 Å². The average Bonchev–Trinajstić information content (AvgIpc) is 3.20. The molecule has 0 atom stereocenters. The van der Waals surface area contributed by atoms with E-state index in [0.717, 1.165) is 60.2 Å². The number of hydrogen-bond donors (Lipinski definition) is 2. The molecule has 0 aliphatic heterocycles. The Labute approximate surface area is 213 Å². The van der Waals surface area contributed by atoms with E-state index >= 15 is 0 Å². The fourth-order valence-electron chi connectivity index (χ4n) is 4.95. The lowest BCUT2D eigenvalue weighted by atomic mass is 9.96. The molecule has 1 heterocycles. The maximum Gasteiger partial charge on any atom is 0.318 e. The summed E-state index contributed by atoms with van der Waals surface area (Å²) in [5, 5.41) is 11.1. The largest absolute Gasteiger partial charge is 0.335 e. The lowest BCUT2D eigenvalue weighted by Crippen LogP contribution is -2.48. The minimum atomic E-state index is -0.242. The Morgan fingerprint density at radius 2 is 1.69 bits per heavy atom. The summed E-state index contributed by atoms with van der Waals surface area (Å²) >= 11 is 0. The predicted octanol–water partition coefficient (Wildman–Crippen LogP) is 5.85. The van der Waals surface area contributed by atoms with Crippen molar-refractivity contribution in [2.75, 3.05) is 18.4 Å². The summed E-state index contributed by atoms with van der Waals surface area (Å²) in [7, 11) is 0. The van der Waals surface area contributed by atoms with Crippen LogP contribution in [0.1, 0.15) is 56.7 Å². The summed E-state index contributed by atoms with van der Waals surface area (Å²) in [6.07, 6.45) is 6.31. The number of carbonyl (C=O) groups is 2. The van der Waals surface area contributed by atoms with Gasteiger partial charge >= 0.3 is 6.03 Å². The second kappa shape index (κ2) is 11.9. The second-order valence-electron chi connectivity index (χ2n) is 9.63. The normalized spacial score (nSPS) is 13.9. The van der Waals surface area contributed by atoms with Crippen molar-refractivity contribution in [3.8, 4) is 16.8 Å². The molecule has 0 radical (unpaired) electrons. The number of anilines is 1. The lowest BCUT2D eigenvalue weighted by molar-refractivity contribution is -0.116. The molecular weight excluding hydrogens is 450 g/mol. The molecule has 0 spiro atoms. The first kappa shape index (κ1) is 25.5. The highest BCUT2D eigenvalue weighted by atomic mass is 16.2. The molecule has 0 unspecified atom stereocenters. The van der Waals surface area contributed by atoms with Gasteiger partial charge in [0.1, 0.15) is 12.4 Å². The zero-order valence-electron chi connectivity index (χ0n) is 21.6. The quantitative estimate of drug-likeness (QED) is 0.418. The molecule has 0 bridgehead atoms. The standard InChI is InChI=1S/C29H37N5O2/c1-4-19-33(29(36)30-24-16-9-6-10-17-24)20-26(35)31-28-27(23-14-7-5-8-15-23)22(3)32-34(28)25-18-12-11-13-21(25)2/h5,7-8,11-15,18,24H,4,6,9-10,16-17,19-20H2,1-3H3,(H,30,36)(H,31,35). The molecule has 1 aliphatic rings. The molecule has 2 N–H and O–H groups in total. The Kier molecular flexibility index (Phi) is 8.41. The van der Waals surface area contributed by atoms with Gasteiger partial charge in [0.15, 0.2) is 0 Å². The molecular formula is C29H37N5O2. The van der Waals surface area contributed by atoms with Gasteiger partial charge in [-0.05, 0) is 50.3 Å². The maximum atomic E-state index is 13.4. The molecule has 1 aliphatic carbocycles. The average molecular weight is 488 g/mol. The van der Waals surface area contributed by atoms with Crippen LogP contribution in [0.5, 0.6) is 0 Å². The third-order valence-corrected chi connectivity index (χ3v) is 6.77. The summed E-state index contributed by atoms with van der Waals surface area (Å²) < 4.78 is 1.80. The number of nitrogens with zero attached hydrogens (tertiary/aromatic N) is 3. The van der Waals surface area contributed by atoms with Gasteiger partial charge in [0.05, 0.1) is 11.4 Å². The van der Waals surface area contributed by atoms with Gasteiger partial charge in [-0.3, -0.25) is 4.79 Å². The zero-order chi connectivity index (χ0) is 25.5. The highest BCUT2D eigenvalue weighted by Gasteiger charge is 2.24. The van der Waals surface area contributed by atoms with E-state index in [-0.39, 0.29) is 24.5 Å². The minimum Gasteiger partial charge on any atom is -0.335 e. The molecule has 190 valence electrons. The van der Waals surface area contributed by atoms with E-state index in [1.807, 2.05) is 75.4 Å². The minimum absolute atomic E-state index is 0.0153. The van der Waals surface area contributed by atoms with Gasteiger partial charge < -0.3 is 15.5 Å². The van der Waals surface area contributed by atoms with E-state index in [9.17, 15) is 9.59 Å². The smallest absolute Gasteiger partial charge is 0.318 e. The van der Waals surface area contributed by atoms with E-state index in [4.69, 9.17) is 5.10 Å². The van der Waals surface area contributed by atoms with E-state index in [2.05, 4.69) is 10.6 Å². The monoisotopic (exact) mass is 487 g/mol. The van der Waals surface area contributed by atoms with E-state index in [1.54, 1.807) is 9.58 Å². The molecule has 3 aromatic rings. The van der Waals surface area contributed by atoms with E-state index in [0.29, 0.717) is 12.4 Å². The molecule has 7 heteroatoms. The fourth-order valence-corrected chi connectivity index (χ4v) is 4.95. The topological polar surface area (TPSA) is 79.3 Å². The molecule has 4 rings (SSSR count). The maximum absolute atomic E-state index is 13.4. The van der Waals surface area contributed by atoms with Crippen LogP contribution in [0.15, 0.2) is 54.6 Å². The first-order valence-corrected chi connectivity index (χ1v) is 13.0. The second-order valence-corrected chi connectivity index (χ2v) is 9.63. The van der Waals surface area contributed by atoms with Gasteiger partial charge in [0.25, 0.3) is 0 Å². The number of carbonyl (C=O) groups excluding carboxylic acids is 2. The molecule has 1 fully saturated rings. The number of hydrogen-bond acceptors (Lipinski definition) is 3. The van der Waals surface area contributed by atoms with Crippen LogP contribution in [0.4, 0.5) is 10.6 Å². The number of para-hydroxylation sites is 1. The van der Waals surface area contributed by atoms with Crippen molar-refractivity contribution >= 4 is 17.8 Å². The predicted molar refractivity (Wildman–Crippen MR) is 144 cm³/mol. The molecule has 3 amide bonds. The van der Waals surface area contributed by atoms with Crippen molar-refractivity contribution in [2.45, 2.75) is 65.3 Å². The van der Waals surface area contributed by atoms with Crippen LogP contribution in [0, 0.1) is 13.8 Å². The van der Waals surface area contributed by atoms with Crippen LogP contribution in [-0.2, 0) is 4.79 Å². The Balaban J connectivity index is 1.61. The Hall–Kier alpha value is -3.61. The van der Waals surface area contributed by atoms with Gasteiger partial charge in [0.2, 0.25) is 5.91 Å². The highest BCUT2D eigenvalue weighted by Crippen LogP contribution is 2.34. The van der Waals surface area contributed by atoms with E-state index in [1.165, 1.54) is 6.42 Å². The van der Waals surface area contributed by atoms with Crippen LogP contribution in [-0.4, -0.2) is 45.8 Å². The number of amides is 3. The molecule has 7 nitrogen and oxygen atoms in total. The summed E-state index contributed by atoms with van der Waals surface area (Å²) in [6, 6.07) is 18.0. The van der Waals surface area contributed by atoms with Crippen molar-refractivity contribution < 1.29 is 9.59 Å². The number of urea groups is 1. The SMILES string of the molecule is CCCN(CC(=O)Nc1c(-c2ccccc2)c(C)nn1-c1ccccc1C)C(=O)NC1CCCCC1. The van der Waals surface area contributed by atoms with Crippen molar-refractivity contribution in [1.29, 1.82) is 0 Å². The molecule has 36 heavy (non-hydrogen) atoms. The molecule has 2 aromatic carbocycles. The van der Waals surface area contributed by atoms with Gasteiger partial charge in [-0.2, -0.15) is 5.10 Å². The summed E-state index contributed by atoms with van der Waals surface area (Å²) in [5.74, 6) is 0.372. The first-order valence-electron chi connectivity index (χ1n) is 13.0. The van der Waals surface area contributed by atoms with Crippen molar-refractivity contribution in [3.63, 3.8) is 0 Å². The molecule has 1 aromatic heterocycles. The van der Waals surface area contributed by atoms with Crippen LogP contribution < -0.4 is 10.6 Å². The van der Waals surface area contributed by atoms with Gasteiger partial charge in [-0.1, -0.05) is 74.7 Å². The lowest BCUT2D eigenvalue weighted by Gasteiger charge is -2.28. The van der Waals surface area contributed by atoms with Crippen LogP contribution in [0.25, 0.3) is 16.8 Å². The molecule has 0 saturated heterocycles. The van der Waals surface area contributed by atoms with Crippen molar-refractivity contribution in [2.24, 2.45) is 0 Å². The highest BCUT2D eigenvalue weighted by molar-refractivity contribution is 5.98. The van der Waals surface area contributed by atoms with Crippen molar-refractivity contribution in [1.82, 2.24) is 20.0 Å². The summed E-state index contributed by atoms with van der Waals surface area (Å²) in [4.78, 5) is 28.0. The Morgan fingerprint density at radius 3 is 2.39 bits per heavy atom. The van der Waals surface area contributed by atoms with Crippen LogP contribution in [0.3, 0.4) is 0 Å². The number of aromatic nitrogens is 2. The van der Waals surface area contributed by atoms with E-state index < -0.39 is 0 Å². The third-order valence-electron chi connectivity index (χ3n) is 6.77. The number of rotatable bonds is 8. The number of nitrogens with one attached hydrogen (secondary N) is 2. The van der Waals surface area contributed by atoms with Crippen molar-refractivity contribution in [3.05, 3.63) is 65.9 Å². The van der Waals surface area contributed by atoms with Crippen LogP contribution >= 0.6 is 0 Å². The number of benzene rings is 2. The Morgan fingerprint density at radius 1 is 1.00 bits per heavy atom.